The highest BCUT2D eigenvalue weighted by molar-refractivity contribution is 5.82. The molecule has 0 saturated carbocycles. The van der Waals surface area contributed by atoms with Crippen molar-refractivity contribution in [3.63, 3.8) is 0 Å². The third kappa shape index (κ3) is 1.48. The molecule has 0 unspecified atom stereocenters. The lowest BCUT2D eigenvalue weighted by molar-refractivity contribution is 1.62. The maximum Gasteiger partial charge on any atom is -0.0178 e. The van der Waals surface area contributed by atoms with Crippen molar-refractivity contribution in [2.75, 3.05) is 0 Å². The average Bonchev–Trinajstić information content (AvgIpc) is 2.17. The Hall–Kier alpha value is -1.56. The van der Waals surface area contributed by atoms with Gasteiger partial charge in [0.05, 0.1) is 0 Å². The van der Waals surface area contributed by atoms with E-state index < -0.39 is 0 Å². The topological polar surface area (TPSA) is 0 Å². The van der Waals surface area contributed by atoms with Gasteiger partial charge in [-0.2, -0.15) is 0 Å². The van der Waals surface area contributed by atoms with E-state index in [0.717, 1.165) is 5.22 Å². The number of hydrogen-bond donors (Lipinski definition) is 0. The zero-order valence-electron chi connectivity index (χ0n) is 7.75. The van der Waals surface area contributed by atoms with Crippen molar-refractivity contribution in [3.8, 4) is 0 Å². The number of fused-ring (bicyclic) bond motifs is 1. The Morgan fingerprint density at radius 3 is 2.46 bits per heavy atom. The van der Waals surface area contributed by atoms with E-state index in [1.54, 1.807) is 0 Å². The Balaban J connectivity index is 2.88. The van der Waals surface area contributed by atoms with Gasteiger partial charge in [-0.15, -0.1) is 0 Å². The van der Waals surface area contributed by atoms with Crippen LogP contribution in [0.4, 0.5) is 0 Å². The summed E-state index contributed by atoms with van der Waals surface area (Å²) in [6, 6.07) is 12.7. The zero-order valence-corrected chi connectivity index (χ0v) is 7.75. The molecule has 0 nitrogen and oxygen atoms in total. The second kappa shape index (κ2) is 3.06. The fourth-order valence-electron chi connectivity index (χ4n) is 1.49. The van der Waals surface area contributed by atoms with Crippen LogP contribution in [-0.2, 0) is 0 Å². The molecule has 2 aromatic rings. The predicted octanol–water partition coefficient (Wildman–Crippen LogP) is 2.05. The third-order valence-electron chi connectivity index (χ3n) is 2.26. The van der Waals surface area contributed by atoms with E-state index in [1.165, 1.54) is 16.0 Å². The fourth-order valence-corrected chi connectivity index (χ4v) is 1.49. The highest BCUT2D eigenvalue weighted by atomic mass is 13.9. The molecule has 2 aromatic carbocycles. The molecule has 0 aliphatic rings. The molecule has 0 aliphatic heterocycles. The van der Waals surface area contributed by atoms with Crippen molar-refractivity contribution in [3.05, 3.63) is 46.8 Å². The highest BCUT2D eigenvalue weighted by Gasteiger charge is 1.89. The summed E-state index contributed by atoms with van der Waals surface area (Å²) in [7, 11) is 0. The summed E-state index contributed by atoms with van der Waals surface area (Å²) in [4.78, 5) is 0. The molecule has 0 heterocycles. The van der Waals surface area contributed by atoms with Crippen molar-refractivity contribution in [1.82, 2.24) is 0 Å². The van der Waals surface area contributed by atoms with Crippen LogP contribution >= 0.6 is 0 Å². The van der Waals surface area contributed by atoms with Crippen LogP contribution in [0.1, 0.15) is 6.92 Å². The summed E-state index contributed by atoms with van der Waals surface area (Å²) in [6.07, 6.45) is 2.11. The van der Waals surface area contributed by atoms with Crippen LogP contribution in [0.15, 0.2) is 36.4 Å². The summed E-state index contributed by atoms with van der Waals surface area (Å²) in [5.41, 5.74) is 0. The summed E-state index contributed by atoms with van der Waals surface area (Å²) in [5.74, 6) is 0. The first kappa shape index (κ1) is 8.06. The molecule has 0 N–H and O–H groups in total. The van der Waals surface area contributed by atoms with Crippen molar-refractivity contribution in [2.24, 2.45) is 0 Å². The lowest BCUT2D eigenvalue weighted by Gasteiger charge is -1.96. The Morgan fingerprint density at radius 2 is 1.69 bits per heavy atom. The van der Waals surface area contributed by atoms with Gasteiger partial charge in [-0.3, -0.25) is 0 Å². The number of hydrogen-bond acceptors (Lipinski definition) is 0. The molecular formula is C13H12. The minimum atomic E-state index is 1.07. The van der Waals surface area contributed by atoms with Crippen LogP contribution < -0.4 is 10.4 Å². The first-order valence-electron chi connectivity index (χ1n) is 4.45. The van der Waals surface area contributed by atoms with Crippen LogP contribution in [0.5, 0.6) is 0 Å². The lowest BCUT2D eigenvalue weighted by Crippen LogP contribution is -1.99. The molecule has 0 atom stereocenters. The summed E-state index contributed by atoms with van der Waals surface area (Å²) in [5, 5.41) is 4.88. The van der Waals surface area contributed by atoms with Crippen molar-refractivity contribution < 1.29 is 0 Å². The normalized spacial score (nSPS) is 12.2. The second-order valence-electron chi connectivity index (χ2n) is 3.23. The summed E-state index contributed by atoms with van der Waals surface area (Å²) < 4.78 is 0. The van der Waals surface area contributed by atoms with Crippen LogP contribution in [-0.4, -0.2) is 0 Å². The van der Waals surface area contributed by atoms with E-state index >= 15 is 0 Å². The Labute approximate surface area is 77.8 Å². The summed E-state index contributed by atoms with van der Waals surface area (Å²) in [6.45, 7) is 5.96. The van der Waals surface area contributed by atoms with Crippen LogP contribution in [0.2, 0.25) is 0 Å². The molecule has 0 amide bonds. The number of rotatable bonds is 0. The molecule has 0 aliphatic carbocycles. The highest BCUT2D eigenvalue weighted by Crippen LogP contribution is 2.06. The first-order chi connectivity index (χ1) is 6.29. The van der Waals surface area contributed by atoms with Crippen molar-refractivity contribution >= 4 is 23.4 Å². The van der Waals surface area contributed by atoms with Crippen LogP contribution in [0.3, 0.4) is 0 Å². The fraction of sp³-hybridized carbons (Fsp3) is 0.0769. The van der Waals surface area contributed by atoms with Gasteiger partial charge >= 0.3 is 0 Å². The maximum atomic E-state index is 3.91. The minimum absolute atomic E-state index is 1.07. The van der Waals surface area contributed by atoms with Crippen molar-refractivity contribution in [1.29, 1.82) is 0 Å². The molecule has 0 spiro atoms. The lowest BCUT2D eigenvalue weighted by atomic mass is 10.1. The van der Waals surface area contributed by atoms with Gasteiger partial charge in [-0.25, -0.2) is 0 Å². The molecule has 13 heavy (non-hydrogen) atoms. The zero-order chi connectivity index (χ0) is 9.26. The Kier molecular flexibility index (Phi) is 1.90. The standard InChI is InChI=1S/C13H12/c1-3-11-5-7-12-8-10(2)4-6-13(12)9-11/h3-9H,2H2,1H3/b11-3-. The van der Waals surface area contributed by atoms with E-state index in [4.69, 9.17) is 0 Å². The molecule has 0 fully saturated rings. The largest absolute Gasteiger partial charge is 0.0917 e. The molecule has 0 aromatic heterocycles. The van der Waals surface area contributed by atoms with Crippen molar-refractivity contribution in [2.45, 2.75) is 6.92 Å². The Morgan fingerprint density at radius 1 is 1.00 bits per heavy atom. The molecule has 2 rings (SSSR count). The van der Waals surface area contributed by atoms with Gasteiger partial charge in [0.15, 0.2) is 0 Å². The van der Waals surface area contributed by atoms with Gasteiger partial charge in [0, 0.05) is 0 Å². The van der Waals surface area contributed by atoms with Gasteiger partial charge in [0.2, 0.25) is 0 Å². The monoisotopic (exact) mass is 168 g/mol. The SMILES string of the molecule is C=c1ccc2c/c(=C\C)ccc2c1. The van der Waals surface area contributed by atoms with Gasteiger partial charge in [-0.05, 0) is 40.3 Å². The molecule has 64 valence electrons. The van der Waals surface area contributed by atoms with Gasteiger partial charge < -0.3 is 0 Å². The minimum Gasteiger partial charge on any atom is -0.0917 e. The molecule has 0 saturated heterocycles. The van der Waals surface area contributed by atoms with E-state index in [9.17, 15) is 0 Å². The van der Waals surface area contributed by atoms with E-state index in [2.05, 4.69) is 49.9 Å². The van der Waals surface area contributed by atoms with Gasteiger partial charge in [-0.1, -0.05) is 36.9 Å². The predicted molar refractivity (Wildman–Crippen MR) is 58.9 cm³/mol. The number of benzene rings is 2. The molecule has 0 heteroatoms. The first-order valence-corrected chi connectivity index (χ1v) is 4.45. The van der Waals surface area contributed by atoms with E-state index in [0.29, 0.717) is 0 Å². The van der Waals surface area contributed by atoms with Gasteiger partial charge in [0.1, 0.15) is 0 Å². The maximum absolute atomic E-state index is 3.91. The van der Waals surface area contributed by atoms with E-state index in [-0.39, 0.29) is 0 Å². The molecule has 0 bridgehead atoms. The van der Waals surface area contributed by atoms with E-state index in [1.807, 2.05) is 6.07 Å². The average molecular weight is 168 g/mol. The Bertz CT molecular complexity index is 535. The van der Waals surface area contributed by atoms with Crippen LogP contribution in [0.25, 0.3) is 23.4 Å². The van der Waals surface area contributed by atoms with Gasteiger partial charge in [0.25, 0.3) is 0 Å². The third-order valence-corrected chi connectivity index (χ3v) is 2.26. The molecular weight excluding hydrogens is 156 g/mol. The smallest absolute Gasteiger partial charge is 0.0178 e. The van der Waals surface area contributed by atoms with Crippen LogP contribution in [0, 0.1) is 0 Å². The summed E-state index contributed by atoms with van der Waals surface area (Å²) >= 11 is 0. The quantitative estimate of drug-likeness (QED) is 0.565. The second-order valence-corrected chi connectivity index (χ2v) is 3.23. The molecule has 0 radical (unpaired) electrons.